The highest BCUT2D eigenvalue weighted by Crippen LogP contribution is 2.49. The van der Waals surface area contributed by atoms with Gasteiger partial charge in [0.2, 0.25) is 10.0 Å². The van der Waals surface area contributed by atoms with Crippen molar-refractivity contribution in [1.29, 1.82) is 0 Å². The minimum Gasteiger partial charge on any atom is -0.481 e. The Morgan fingerprint density at radius 2 is 1.96 bits per heavy atom. The number of hydrogen-bond donors (Lipinski definition) is 2. The molecule has 2 aliphatic carbocycles. The van der Waals surface area contributed by atoms with Crippen LogP contribution in [0.1, 0.15) is 44.1 Å². The van der Waals surface area contributed by atoms with Crippen molar-refractivity contribution in [3.63, 3.8) is 0 Å². The molecule has 2 fully saturated rings. The number of unbranched alkanes of at least 4 members (excludes halogenated alkanes) is 1. The smallest absolute Gasteiger partial charge is 0.303 e. The van der Waals surface area contributed by atoms with Crippen LogP contribution < -0.4 is 4.72 Å². The molecular formula is C21H26BrNO4S. The number of benzene rings is 1. The van der Waals surface area contributed by atoms with Gasteiger partial charge in [-0.05, 0) is 73.6 Å². The lowest BCUT2D eigenvalue weighted by molar-refractivity contribution is -0.137. The summed E-state index contributed by atoms with van der Waals surface area (Å²) < 4.78 is 28.8. The van der Waals surface area contributed by atoms with Gasteiger partial charge in [-0.3, -0.25) is 4.79 Å². The number of rotatable bonds is 9. The second-order valence-electron chi connectivity index (χ2n) is 7.74. The van der Waals surface area contributed by atoms with Gasteiger partial charge in [-0.15, -0.1) is 0 Å². The maximum Gasteiger partial charge on any atom is 0.303 e. The molecule has 1 aromatic carbocycles. The first-order valence-corrected chi connectivity index (χ1v) is 12.0. The fourth-order valence-corrected chi connectivity index (χ4v) is 5.77. The molecule has 5 nitrogen and oxygen atoms in total. The van der Waals surface area contributed by atoms with E-state index in [1.54, 1.807) is 6.08 Å². The fourth-order valence-electron chi connectivity index (χ4n) is 4.40. The summed E-state index contributed by atoms with van der Waals surface area (Å²) in [6.07, 6.45) is 10.5. The van der Waals surface area contributed by atoms with Crippen molar-refractivity contribution in [2.75, 3.05) is 0 Å². The molecule has 0 spiro atoms. The Kier molecular flexibility index (Phi) is 7.12. The van der Waals surface area contributed by atoms with Gasteiger partial charge in [0, 0.05) is 22.3 Å². The molecular weight excluding hydrogens is 442 g/mol. The molecule has 4 atom stereocenters. The molecule has 2 saturated carbocycles. The monoisotopic (exact) mass is 467 g/mol. The van der Waals surface area contributed by atoms with Gasteiger partial charge in [0.05, 0.1) is 0 Å². The lowest BCUT2D eigenvalue weighted by Crippen LogP contribution is -2.40. The van der Waals surface area contributed by atoms with E-state index in [2.05, 4.69) is 32.8 Å². The Bertz CT molecular complexity index is 848. The first kappa shape index (κ1) is 21.3. The van der Waals surface area contributed by atoms with E-state index in [0.29, 0.717) is 24.2 Å². The lowest BCUT2D eigenvalue weighted by atomic mass is 9.85. The molecule has 0 saturated heterocycles. The van der Waals surface area contributed by atoms with E-state index in [-0.39, 0.29) is 12.5 Å². The highest BCUT2D eigenvalue weighted by atomic mass is 79.9. The minimum atomic E-state index is -3.49. The van der Waals surface area contributed by atoms with Crippen LogP contribution in [0.3, 0.4) is 0 Å². The number of fused-ring (bicyclic) bond motifs is 2. The summed E-state index contributed by atoms with van der Waals surface area (Å²) in [6, 6.07) is 7.45. The first-order chi connectivity index (χ1) is 13.3. The molecule has 152 valence electrons. The third-order valence-electron chi connectivity index (χ3n) is 5.64. The van der Waals surface area contributed by atoms with E-state index >= 15 is 0 Å². The van der Waals surface area contributed by atoms with Gasteiger partial charge >= 0.3 is 5.97 Å². The topological polar surface area (TPSA) is 83.5 Å². The van der Waals surface area contributed by atoms with E-state index in [1.165, 1.54) is 5.41 Å². The molecule has 3 rings (SSSR count). The van der Waals surface area contributed by atoms with Crippen molar-refractivity contribution in [3.8, 4) is 0 Å². The SMILES string of the molecule is O=C(O)CCC/C=C/C1CC2CC(NS(=O)(=O)/C=C/c3ccc(Br)cc3)C1C2. The molecule has 2 bridgehead atoms. The average Bonchev–Trinajstić information content (AvgIpc) is 3.20. The Hall–Kier alpha value is -1.44. The van der Waals surface area contributed by atoms with Crippen LogP contribution in [0.2, 0.25) is 0 Å². The summed E-state index contributed by atoms with van der Waals surface area (Å²) in [5.41, 5.74) is 0.837. The molecule has 0 heterocycles. The van der Waals surface area contributed by atoms with E-state index in [0.717, 1.165) is 35.7 Å². The number of aliphatic carboxylic acids is 1. The molecule has 4 unspecified atom stereocenters. The number of hydrogen-bond acceptors (Lipinski definition) is 3. The van der Waals surface area contributed by atoms with E-state index in [9.17, 15) is 13.2 Å². The van der Waals surface area contributed by atoms with Gasteiger partial charge in [0.15, 0.2) is 0 Å². The molecule has 2 N–H and O–H groups in total. The van der Waals surface area contributed by atoms with Crippen molar-refractivity contribution in [2.24, 2.45) is 17.8 Å². The van der Waals surface area contributed by atoms with Crippen LogP contribution in [0, 0.1) is 17.8 Å². The Morgan fingerprint density at radius 3 is 2.64 bits per heavy atom. The number of carboxylic acids is 1. The quantitative estimate of drug-likeness (QED) is 0.411. The molecule has 0 amide bonds. The molecule has 28 heavy (non-hydrogen) atoms. The lowest BCUT2D eigenvalue weighted by Gasteiger charge is -2.27. The predicted octanol–water partition coefficient (Wildman–Crippen LogP) is 4.57. The Morgan fingerprint density at radius 1 is 1.21 bits per heavy atom. The second kappa shape index (κ2) is 9.37. The van der Waals surface area contributed by atoms with E-state index < -0.39 is 16.0 Å². The maximum absolute atomic E-state index is 12.5. The third-order valence-corrected chi connectivity index (χ3v) is 7.29. The highest BCUT2D eigenvalue weighted by Gasteiger charge is 2.46. The van der Waals surface area contributed by atoms with Crippen molar-refractivity contribution in [2.45, 2.75) is 44.6 Å². The van der Waals surface area contributed by atoms with Crippen LogP contribution in [-0.2, 0) is 14.8 Å². The van der Waals surface area contributed by atoms with Crippen LogP contribution in [-0.4, -0.2) is 25.5 Å². The highest BCUT2D eigenvalue weighted by molar-refractivity contribution is 9.10. The van der Waals surface area contributed by atoms with E-state index in [1.807, 2.05) is 24.3 Å². The van der Waals surface area contributed by atoms with Crippen molar-refractivity contribution in [3.05, 3.63) is 51.9 Å². The maximum atomic E-state index is 12.5. The standard InChI is InChI=1S/C21H26BrNO4S/c22-18-8-6-15(7-9-18)10-11-28(26,27)23-20-14-16-12-17(19(20)13-16)4-2-1-3-5-21(24)25/h2,4,6-11,16-17,19-20,23H,1,3,5,12-14H2,(H,24,25)/b4-2+,11-10+. The Labute approximate surface area is 175 Å². The van der Waals surface area contributed by atoms with Gasteiger partial charge in [0.25, 0.3) is 0 Å². The summed E-state index contributed by atoms with van der Waals surface area (Å²) in [5.74, 6) is 0.518. The fraction of sp³-hybridized carbons (Fsp3) is 0.476. The molecule has 0 aromatic heterocycles. The van der Waals surface area contributed by atoms with Crippen LogP contribution in [0.25, 0.3) is 6.08 Å². The van der Waals surface area contributed by atoms with Crippen LogP contribution in [0.15, 0.2) is 46.3 Å². The third kappa shape index (κ3) is 6.03. The molecule has 0 aliphatic heterocycles. The number of halogens is 1. The average molecular weight is 468 g/mol. The number of nitrogens with one attached hydrogen (secondary N) is 1. The number of sulfonamides is 1. The second-order valence-corrected chi connectivity index (χ2v) is 10.3. The van der Waals surface area contributed by atoms with Gasteiger partial charge in [-0.2, -0.15) is 0 Å². The predicted molar refractivity (Wildman–Crippen MR) is 114 cm³/mol. The van der Waals surface area contributed by atoms with Gasteiger partial charge in [0.1, 0.15) is 0 Å². The normalized spacial score (nSPS) is 27.2. The van der Waals surface area contributed by atoms with E-state index in [4.69, 9.17) is 5.11 Å². The van der Waals surface area contributed by atoms with Crippen LogP contribution >= 0.6 is 15.9 Å². The van der Waals surface area contributed by atoms with Crippen molar-refractivity contribution < 1.29 is 18.3 Å². The number of allylic oxidation sites excluding steroid dienone is 2. The summed E-state index contributed by atoms with van der Waals surface area (Å²) in [7, 11) is -3.49. The summed E-state index contributed by atoms with van der Waals surface area (Å²) in [5, 5.41) is 9.93. The molecule has 2 aliphatic rings. The number of carboxylic acid groups (broad SMARTS) is 1. The van der Waals surface area contributed by atoms with Gasteiger partial charge in [-0.1, -0.05) is 40.2 Å². The summed E-state index contributed by atoms with van der Waals surface area (Å²) in [6.45, 7) is 0. The largest absolute Gasteiger partial charge is 0.481 e. The first-order valence-electron chi connectivity index (χ1n) is 9.67. The van der Waals surface area contributed by atoms with Crippen molar-refractivity contribution in [1.82, 2.24) is 4.72 Å². The molecule has 1 aromatic rings. The van der Waals surface area contributed by atoms with Crippen LogP contribution in [0.5, 0.6) is 0 Å². The van der Waals surface area contributed by atoms with Gasteiger partial charge in [-0.25, -0.2) is 13.1 Å². The zero-order valence-electron chi connectivity index (χ0n) is 15.6. The number of carbonyl (C=O) groups is 1. The Balaban J connectivity index is 1.54. The summed E-state index contributed by atoms with van der Waals surface area (Å²) >= 11 is 3.37. The minimum absolute atomic E-state index is 0.0213. The molecule has 0 radical (unpaired) electrons. The zero-order chi connectivity index (χ0) is 20.1. The van der Waals surface area contributed by atoms with Gasteiger partial charge < -0.3 is 5.11 Å². The molecule has 7 heteroatoms. The van der Waals surface area contributed by atoms with Crippen LogP contribution in [0.4, 0.5) is 0 Å². The summed E-state index contributed by atoms with van der Waals surface area (Å²) in [4.78, 5) is 10.6. The van der Waals surface area contributed by atoms with Crippen molar-refractivity contribution >= 4 is 38.0 Å². The zero-order valence-corrected chi connectivity index (χ0v) is 18.0.